The van der Waals surface area contributed by atoms with Gasteiger partial charge in [-0.3, -0.25) is 0 Å². The second-order valence-electron chi connectivity index (χ2n) is 4.59. The minimum absolute atomic E-state index is 0.332. The number of halogens is 3. The summed E-state index contributed by atoms with van der Waals surface area (Å²) in [5.41, 5.74) is 8.79. The van der Waals surface area contributed by atoms with Crippen LogP contribution in [0.5, 0.6) is 0 Å². The van der Waals surface area contributed by atoms with Gasteiger partial charge >= 0.3 is 0 Å². The van der Waals surface area contributed by atoms with E-state index in [4.69, 9.17) is 28.9 Å². The average Bonchev–Trinajstić information content (AvgIpc) is 2.26. The molecule has 0 heterocycles. The van der Waals surface area contributed by atoms with Crippen LogP contribution in [0.3, 0.4) is 0 Å². The van der Waals surface area contributed by atoms with E-state index < -0.39 is 6.04 Å². The van der Waals surface area contributed by atoms with Crippen molar-refractivity contribution in [3.63, 3.8) is 0 Å². The first-order valence-electron chi connectivity index (χ1n) is 5.88. The summed E-state index contributed by atoms with van der Waals surface area (Å²) in [6.45, 7) is 3.67. The Morgan fingerprint density at radius 1 is 1.05 bits per heavy atom. The molecule has 0 bridgehead atoms. The van der Waals surface area contributed by atoms with Crippen LogP contribution in [0, 0.1) is 19.7 Å². The molecule has 2 aromatic rings. The summed E-state index contributed by atoms with van der Waals surface area (Å²) >= 11 is 12.2. The fourth-order valence-corrected chi connectivity index (χ4v) is 2.91. The predicted octanol–water partition coefficient (Wildman–Crippen LogP) is 4.80. The van der Waals surface area contributed by atoms with Crippen LogP contribution < -0.4 is 5.73 Å². The zero-order chi connectivity index (χ0) is 14.2. The molecule has 0 saturated heterocycles. The first kappa shape index (κ1) is 14.3. The van der Waals surface area contributed by atoms with Gasteiger partial charge in [0.15, 0.2) is 0 Å². The van der Waals surface area contributed by atoms with Crippen molar-refractivity contribution in [2.45, 2.75) is 19.9 Å². The number of rotatable bonds is 2. The van der Waals surface area contributed by atoms with E-state index in [1.54, 1.807) is 18.2 Å². The highest BCUT2D eigenvalue weighted by Crippen LogP contribution is 2.35. The first-order valence-corrected chi connectivity index (χ1v) is 6.63. The van der Waals surface area contributed by atoms with Crippen LogP contribution in [0.4, 0.5) is 4.39 Å². The minimum Gasteiger partial charge on any atom is -0.320 e. The maximum absolute atomic E-state index is 14.1. The smallest absolute Gasteiger partial charge is 0.128 e. The maximum atomic E-state index is 14.1. The fourth-order valence-electron chi connectivity index (χ4n) is 2.27. The molecule has 100 valence electrons. The predicted molar refractivity (Wildman–Crippen MR) is 78.4 cm³/mol. The lowest BCUT2D eigenvalue weighted by Gasteiger charge is -2.19. The van der Waals surface area contributed by atoms with E-state index in [0.717, 1.165) is 11.1 Å². The Kier molecular flexibility index (Phi) is 4.14. The van der Waals surface area contributed by atoms with Crippen molar-refractivity contribution < 1.29 is 4.39 Å². The van der Waals surface area contributed by atoms with E-state index in [1.165, 1.54) is 6.07 Å². The standard InChI is InChI=1S/C15H14Cl2FN/c1-8-6-9(2)13(12(18)7-8)15(19)14-10(16)4-3-5-11(14)17/h3-7,15H,19H2,1-2H3. The molecule has 0 aliphatic rings. The summed E-state index contributed by atoms with van der Waals surface area (Å²) in [4.78, 5) is 0. The lowest BCUT2D eigenvalue weighted by Crippen LogP contribution is -2.16. The topological polar surface area (TPSA) is 26.0 Å². The monoisotopic (exact) mass is 297 g/mol. The SMILES string of the molecule is Cc1cc(C)c(C(N)c2c(Cl)cccc2Cl)c(F)c1. The molecule has 0 spiro atoms. The van der Waals surface area contributed by atoms with Crippen LogP contribution in [-0.4, -0.2) is 0 Å². The Labute approximate surface area is 122 Å². The van der Waals surface area contributed by atoms with Gasteiger partial charge in [0, 0.05) is 21.2 Å². The third-order valence-corrected chi connectivity index (χ3v) is 3.76. The molecule has 0 aliphatic heterocycles. The van der Waals surface area contributed by atoms with Crippen LogP contribution in [-0.2, 0) is 0 Å². The van der Waals surface area contributed by atoms with Crippen LogP contribution in [0.25, 0.3) is 0 Å². The molecule has 0 radical (unpaired) electrons. The highest BCUT2D eigenvalue weighted by molar-refractivity contribution is 6.36. The Morgan fingerprint density at radius 3 is 2.16 bits per heavy atom. The van der Waals surface area contributed by atoms with Crippen molar-refractivity contribution in [3.8, 4) is 0 Å². The zero-order valence-electron chi connectivity index (χ0n) is 10.7. The second-order valence-corrected chi connectivity index (χ2v) is 5.40. The highest BCUT2D eigenvalue weighted by Gasteiger charge is 2.21. The van der Waals surface area contributed by atoms with E-state index >= 15 is 0 Å². The molecule has 4 heteroatoms. The highest BCUT2D eigenvalue weighted by atomic mass is 35.5. The van der Waals surface area contributed by atoms with Crippen molar-refractivity contribution in [2.24, 2.45) is 5.73 Å². The first-order chi connectivity index (χ1) is 8.91. The van der Waals surface area contributed by atoms with Crippen LogP contribution in [0.2, 0.25) is 10.0 Å². The lowest BCUT2D eigenvalue weighted by molar-refractivity contribution is 0.596. The zero-order valence-corrected chi connectivity index (χ0v) is 12.2. The van der Waals surface area contributed by atoms with Crippen molar-refractivity contribution >= 4 is 23.2 Å². The van der Waals surface area contributed by atoms with E-state index in [-0.39, 0.29) is 5.82 Å². The molecule has 0 aromatic heterocycles. The summed E-state index contributed by atoms with van der Waals surface area (Å²) < 4.78 is 14.1. The summed E-state index contributed by atoms with van der Waals surface area (Å²) in [5.74, 6) is -0.332. The lowest BCUT2D eigenvalue weighted by atomic mass is 9.94. The quantitative estimate of drug-likeness (QED) is 0.847. The number of aryl methyl sites for hydroxylation is 2. The molecular weight excluding hydrogens is 284 g/mol. The van der Waals surface area contributed by atoms with Gasteiger partial charge in [-0.1, -0.05) is 35.3 Å². The van der Waals surface area contributed by atoms with Gasteiger partial charge in [-0.05, 0) is 43.2 Å². The summed E-state index contributed by atoms with van der Waals surface area (Å²) in [6.07, 6.45) is 0. The summed E-state index contributed by atoms with van der Waals surface area (Å²) in [6, 6.07) is 7.81. The van der Waals surface area contributed by atoms with Crippen molar-refractivity contribution in [2.75, 3.05) is 0 Å². The van der Waals surface area contributed by atoms with Gasteiger partial charge in [0.2, 0.25) is 0 Å². The molecule has 19 heavy (non-hydrogen) atoms. The van der Waals surface area contributed by atoms with E-state index in [2.05, 4.69) is 0 Å². The number of hydrogen-bond acceptors (Lipinski definition) is 1. The van der Waals surface area contributed by atoms with Gasteiger partial charge in [-0.2, -0.15) is 0 Å². The molecule has 1 nitrogen and oxygen atoms in total. The normalized spacial score (nSPS) is 12.5. The van der Waals surface area contributed by atoms with Crippen LogP contribution >= 0.6 is 23.2 Å². The minimum atomic E-state index is -0.679. The average molecular weight is 298 g/mol. The fraction of sp³-hybridized carbons (Fsp3) is 0.200. The Bertz CT molecular complexity index is 582. The number of hydrogen-bond donors (Lipinski definition) is 1. The number of nitrogens with two attached hydrogens (primary N) is 1. The Balaban J connectivity index is 2.60. The molecule has 0 fully saturated rings. The van der Waals surface area contributed by atoms with Gasteiger partial charge < -0.3 is 5.73 Å². The molecule has 1 atom stereocenters. The van der Waals surface area contributed by atoms with Gasteiger partial charge in [-0.15, -0.1) is 0 Å². The third-order valence-electron chi connectivity index (χ3n) is 3.10. The van der Waals surface area contributed by atoms with E-state index in [9.17, 15) is 4.39 Å². The van der Waals surface area contributed by atoms with Gasteiger partial charge in [0.05, 0.1) is 6.04 Å². The van der Waals surface area contributed by atoms with Gasteiger partial charge in [0.25, 0.3) is 0 Å². The molecule has 1 unspecified atom stereocenters. The number of benzene rings is 2. The van der Waals surface area contributed by atoms with Crippen molar-refractivity contribution in [1.82, 2.24) is 0 Å². The van der Waals surface area contributed by atoms with Crippen LogP contribution in [0.1, 0.15) is 28.3 Å². The molecule has 0 saturated carbocycles. The molecule has 0 aliphatic carbocycles. The second kappa shape index (κ2) is 5.49. The van der Waals surface area contributed by atoms with E-state index in [1.807, 2.05) is 19.9 Å². The Hall–Kier alpha value is -1.09. The molecule has 2 aromatic carbocycles. The molecule has 2 N–H and O–H groups in total. The van der Waals surface area contributed by atoms with E-state index in [0.29, 0.717) is 21.2 Å². The van der Waals surface area contributed by atoms with Gasteiger partial charge in [0.1, 0.15) is 5.82 Å². The molecular formula is C15H14Cl2FN. The molecule has 2 rings (SSSR count). The van der Waals surface area contributed by atoms with Crippen molar-refractivity contribution in [1.29, 1.82) is 0 Å². The maximum Gasteiger partial charge on any atom is 0.128 e. The Morgan fingerprint density at radius 2 is 1.63 bits per heavy atom. The third kappa shape index (κ3) is 2.76. The molecule has 0 amide bonds. The summed E-state index contributed by atoms with van der Waals surface area (Å²) in [5, 5.41) is 0.888. The largest absolute Gasteiger partial charge is 0.320 e. The van der Waals surface area contributed by atoms with Crippen LogP contribution in [0.15, 0.2) is 30.3 Å². The van der Waals surface area contributed by atoms with Gasteiger partial charge in [-0.25, -0.2) is 4.39 Å². The van der Waals surface area contributed by atoms with Crippen molar-refractivity contribution in [3.05, 3.63) is 68.4 Å². The summed E-state index contributed by atoms with van der Waals surface area (Å²) in [7, 11) is 0.